The SMILES string of the molecule is COc1ccc(NC(=O)c2csc(C3CCN(C(=O)c4ccc(OC(C)C)cc4)CC3)n2)cn1. The average Bonchev–Trinajstić information content (AvgIpc) is 3.35. The second-order valence-corrected chi connectivity index (χ2v) is 9.26. The van der Waals surface area contributed by atoms with Gasteiger partial charge in [0.2, 0.25) is 5.88 Å². The number of anilines is 1. The summed E-state index contributed by atoms with van der Waals surface area (Å²) in [6.07, 6.45) is 3.27. The standard InChI is InChI=1S/C25H28N4O4S/c1-16(2)33-20-7-4-18(5-8-20)25(31)29-12-10-17(11-13-29)24-28-21(15-34-24)23(30)27-19-6-9-22(32-3)26-14-19/h4-9,14-17H,10-13H2,1-3H3,(H,27,30). The Labute approximate surface area is 202 Å². The normalized spacial score (nSPS) is 14.2. The largest absolute Gasteiger partial charge is 0.491 e. The summed E-state index contributed by atoms with van der Waals surface area (Å²) < 4.78 is 10.7. The maximum Gasteiger partial charge on any atom is 0.275 e. The number of benzene rings is 1. The van der Waals surface area contributed by atoms with Crippen molar-refractivity contribution in [1.29, 1.82) is 0 Å². The first-order valence-electron chi connectivity index (χ1n) is 11.3. The molecule has 0 unspecified atom stereocenters. The molecule has 1 aliphatic heterocycles. The van der Waals surface area contributed by atoms with Crippen LogP contribution in [0.25, 0.3) is 0 Å². The van der Waals surface area contributed by atoms with Crippen molar-refractivity contribution in [1.82, 2.24) is 14.9 Å². The van der Waals surface area contributed by atoms with Gasteiger partial charge in [-0.2, -0.15) is 0 Å². The summed E-state index contributed by atoms with van der Waals surface area (Å²) in [6.45, 7) is 5.26. The lowest BCUT2D eigenvalue weighted by Gasteiger charge is -2.31. The number of rotatable bonds is 7. The molecule has 1 saturated heterocycles. The molecular weight excluding hydrogens is 452 g/mol. The lowest BCUT2D eigenvalue weighted by atomic mass is 9.97. The van der Waals surface area contributed by atoms with Crippen LogP contribution in [0.4, 0.5) is 5.69 Å². The van der Waals surface area contributed by atoms with Crippen LogP contribution in [-0.2, 0) is 0 Å². The number of ether oxygens (including phenoxy) is 2. The third kappa shape index (κ3) is 5.72. The van der Waals surface area contributed by atoms with Crippen LogP contribution in [0, 0.1) is 0 Å². The van der Waals surface area contributed by atoms with E-state index in [-0.39, 0.29) is 23.8 Å². The number of amides is 2. The first-order chi connectivity index (χ1) is 16.4. The number of thiazole rings is 1. The number of piperidine rings is 1. The molecule has 1 fully saturated rings. The van der Waals surface area contributed by atoms with Gasteiger partial charge in [-0.1, -0.05) is 0 Å². The van der Waals surface area contributed by atoms with Crippen molar-refractivity contribution in [2.75, 3.05) is 25.5 Å². The Balaban J connectivity index is 1.31. The highest BCUT2D eigenvalue weighted by atomic mass is 32.1. The first kappa shape index (κ1) is 23.7. The van der Waals surface area contributed by atoms with Crippen molar-refractivity contribution < 1.29 is 19.1 Å². The Morgan fingerprint density at radius 2 is 1.85 bits per heavy atom. The monoisotopic (exact) mass is 480 g/mol. The molecule has 3 heterocycles. The number of nitrogens with one attached hydrogen (secondary N) is 1. The van der Waals surface area contributed by atoms with Gasteiger partial charge < -0.3 is 19.7 Å². The topological polar surface area (TPSA) is 93.7 Å². The van der Waals surface area contributed by atoms with E-state index in [1.54, 1.807) is 23.7 Å². The van der Waals surface area contributed by atoms with Crippen LogP contribution in [-0.4, -0.2) is 53.0 Å². The first-order valence-corrected chi connectivity index (χ1v) is 12.1. The molecular formula is C25H28N4O4S. The van der Waals surface area contributed by atoms with Gasteiger partial charge in [0, 0.05) is 36.0 Å². The van der Waals surface area contributed by atoms with E-state index in [1.165, 1.54) is 18.4 Å². The van der Waals surface area contributed by atoms with E-state index in [4.69, 9.17) is 9.47 Å². The Bertz CT molecular complexity index is 1120. The van der Waals surface area contributed by atoms with E-state index < -0.39 is 0 Å². The van der Waals surface area contributed by atoms with Gasteiger partial charge in [-0.15, -0.1) is 11.3 Å². The predicted octanol–water partition coefficient (Wildman–Crippen LogP) is 4.61. The van der Waals surface area contributed by atoms with Gasteiger partial charge in [0.1, 0.15) is 11.4 Å². The van der Waals surface area contributed by atoms with E-state index in [2.05, 4.69) is 15.3 Å². The minimum atomic E-state index is -0.271. The minimum Gasteiger partial charge on any atom is -0.491 e. The maximum atomic E-state index is 12.9. The number of carbonyl (C=O) groups is 2. The molecule has 0 atom stereocenters. The maximum absolute atomic E-state index is 12.9. The second kappa shape index (κ2) is 10.6. The number of hydrogen-bond acceptors (Lipinski definition) is 7. The molecule has 4 rings (SSSR count). The number of carbonyl (C=O) groups excluding carboxylic acids is 2. The van der Waals surface area contributed by atoms with Crippen molar-refractivity contribution in [2.24, 2.45) is 0 Å². The van der Waals surface area contributed by atoms with E-state index in [9.17, 15) is 9.59 Å². The van der Waals surface area contributed by atoms with Gasteiger partial charge in [0.25, 0.3) is 11.8 Å². The molecule has 1 aromatic carbocycles. The molecule has 2 amide bonds. The van der Waals surface area contributed by atoms with Crippen molar-refractivity contribution in [3.63, 3.8) is 0 Å². The molecule has 0 bridgehead atoms. The second-order valence-electron chi connectivity index (χ2n) is 8.37. The van der Waals surface area contributed by atoms with Crippen LogP contribution in [0.15, 0.2) is 48.0 Å². The number of likely N-dealkylation sites (tertiary alicyclic amines) is 1. The van der Waals surface area contributed by atoms with Gasteiger partial charge in [0.15, 0.2) is 0 Å². The fourth-order valence-corrected chi connectivity index (χ4v) is 4.78. The summed E-state index contributed by atoms with van der Waals surface area (Å²) in [5.74, 6) is 1.24. The summed E-state index contributed by atoms with van der Waals surface area (Å²) in [4.78, 5) is 36.0. The smallest absolute Gasteiger partial charge is 0.275 e. The highest BCUT2D eigenvalue weighted by molar-refractivity contribution is 7.10. The number of pyridine rings is 1. The zero-order valence-corrected chi connectivity index (χ0v) is 20.3. The van der Waals surface area contributed by atoms with Gasteiger partial charge in [-0.3, -0.25) is 9.59 Å². The van der Waals surface area contributed by atoms with Crippen LogP contribution in [0.3, 0.4) is 0 Å². The number of aromatic nitrogens is 2. The minimum absolute atomic E-state index is 0.0295. The number of nitrogens with zero attached hydrogens (tertiary/aromatic N) is 3. The lowest BCUT2D eigenvalue weighted by molar-refractivity contribution is 0.0713. The zero-order valence-electron chi connectivity index (χ0n) is 19.5. The molecule has 178 valence electrons. The number of hydrogen-bond donors (Lipinski definition) is 1. The Morgan fingerprint density at radius 1 is 1.12 bits per heavy atom. The molecule has 0 radical (unpaired) electrons. The van der Waals surface area contributed by atoms with Gasteiger partial charge in [-0.05, 0) is 57.0 Å². The molecule has 2 aromatic heterocycles. The summed E-state index contributed by atoms with van der Waals surface area (Å²) in [7, 11) is 1.54. The van der Waals surface area contributed by atoms with E-state index in [0.717, 1.165) is 23.6 Å². The molecule has 9 heteroatoms. The molecule has 0 saturated carbocycles. The molecule has 8 nitrogen and oxygen atoms in total. The van der Waals surface area contributed by atoms with Crippen molar-refractivity contribution in [3.05, 3.63) is 64.2 Å². The fraction of sp³-hybridized carbons (Fsp3) is 0.360. The van der Waals surface area contributed by atoms with Gasteiger partial charge in [0.05, 0.1) is 30.1 Å². The predicted molar refractivity (Wildman–Crippen MR) is 131 cm³/mol. The van der Waals surface area contributed by atoms with E-state index >= 15 is 0 Å². The van der Waals surface area contributed by atoms with Gasteiger partial charge in [-0.25, -0.2) is 9.97 Å². The lowest BCUT2D eigenvalue weighted by Crippen LogP contribution is -2.37. The summed E-state index contributed by atoms with van der Waals surface area (Å²) in [5.41, 5.74) is 1.63. The van der Waals surface area contributed by atoms with Crippen LogP contribution in [0.1, 0.15) is 58.5 Å². The highest BCUT2D eigenvalue weighted by Crippen LogP contribution is 2.31. The van der Waals surface area contributed by atoms with Crippen molar-refractivity contribution >= 4 is 28.8 Å². The van der Waals surface area contributed by atoms with E-state index in [0.29, 0.717) is 35.9 Å². The Morgan fingerprint density at radius 3 is 2.47 bits per heavy atom. The zero-order chi connectivity index (χ0) is 24.1. The van der Waals surface area contributed by atoms with Crippen LogP contribution >= 0.6 is 11.3 Å². The summed E-state index contributed by atoms with van der Waals surface area (Å²) >= 11 is 1.49. The third-order valence-corrected chi connectivity index (χ3v) is 6.57. The summed E-state index contributed by atoms with van der Waals surface area (Å²) in [6, 6.07) is 10.7. The molecule has 0 spiro atoms. The Hall–Kier alpha value is -3.46. The Kier molecular flexibility index (Phi) is 7.42. The molecule has 0 aliphatic carbocycles. The van der Waals surface area contributed by atoms with Gasteiger partial charge >= 0.3 is 0 Å². The summed E-state index contributed by atoms with van der Waals surface area (Å²) in [5, 5.41) is 5.51. The van der Waals surface area contributed by atoms with Crippen molar-refractivity contribution in [3.8, 4) is 11.6 Å². The van der Waals surface area contributed by atoms with Crippen LogP contribution in [0.5, 0.6) is 11.6 Å². The molecule has 1 aliphatic rings. The van der Waals surface area contributed by atoms with Crippen LogP contribution in [0.2, 0.25) is 0 Å². The van der Waals surface area contributed by atoms with Crippen molar-refractivity contribution in [2.45, 2.75) is 38.7 Å². The van der Waals surface area contributed by atoms with E-state index in [1.807, 2.05) is 43.0 Å². The molecule has 1 N–H and O–H groups in total. The number of methoxy groups -OCH3 is 1. The third-order valence-electron chi connectivity index (χ3n) is 5.56. The fourth-order valence-electron chi connectivity index (χ4n) is 3.81. The average molecular weight is 481 g/mol. The molecule has 3 aromatic rings. The highest BCUT2D eigenvalue weighted by Gasteiger charge is 2.27. The quantitative estimate of drug-likeness (QED) is 0.531. The van der Waals surface area contributed by atoms with Crippen LogP contribution < -0.4 is 14.8 Å². The molecule has 34 heavy (non-hydrogen) atoms.